The van der Waals surface area contributed by atoms with E-state index < -0.39 is 0 Å². The van der Waals surface area contributed by atoms with Gasteiger partial charge in [0.25, 0.3) is 0 Å². The molecule has 138 valence electrons. The van der Waals surface area contributed by atoms with Crippen molar-refractivity contribution in [2.45, 2.75) is 23.8 Å². The molecule has 2 aliphatic heterocycles. The number of nitrogens with one attached hydrogen (secondary N) is 1. The minimum absolute atomic E-state index is 0. The maximum absolute atomic E-state index is 12.5. The fourth-order valence-electron chi connectivity index (χ4n) is 3.24. The molecular formula is C17H23Cl2N3O2S. The van der Waals surface area contributed by atoms with Gasteiger partial charge in [-0.15, -0.1) is 24.2 Å². The SMILES string of the molecule is Cl.O=C(CSc1ccccc1Cl)N1CCCC(N2CCNCC2=O)C1. The van der Waals surface area contributed by atoms with Crippen molar-refractivity contribution in [1.82, 2.24) is 15.1 Å². The van der Waals surface area contributed by atoms with Crippen LogP contribution in [0.2, 0.25) is 5.02 Å². The van der Waals surface area contributed by atoms with Gasteiger partial charge in [-0.3, -0.25) is 9.59 Å². The van der Waals surface area contributed by atoms with Gasteiger partial charge in [0.05, 0.1) is 17.3 Å². The Morgan fingerprint density at radius 3 is 2.88 bits per heavy atom. The number of piperidine rings is 1. The number of halogens is 2. The second-order valence-electron chi connectivity index (χ2n) is 6.12. The zero-order valence-corrected chi connectivity index (χ0v) is 16.3. The van der Waals surface area contributed by atoms with Crippen LogP contribution >= 0.6 is 35.8 Å². The molecule has 2 fully saturated rings. The zero-order valence-electron chi connectivity index (χ0n) is 13.9. The van der Waals surface area contributed by atoms with E-state index in [0.717, 1.165) is 37.4 Å². The molecule has 2 heterocycles. The Morgan fingerprint density at radius 1 is 1.32 bits per heavy atom. The third-order valence-corrected chi connectivity index (χ3v) is 6.00. The Balaban J connectivity index is 0.00000225. The lowest BCUT2D eigenvalue weighted by molar-refractivity contribution is -0.139. The monoisotopic (exact) mass is 403 g/mol. The average molecular weight is 404 g/mol. The highest BCUT2D eigenvalue weighted by molar-refractivity contribution is 8.00. The summed E-state index contributed by atoms with van der Waals surface area (Å²) in [6.45, 7) is 3.40. The van der Waals surface area contributed by atoms with E-state index in [4.69, 9.17) is 11.6 Å². The Bertz CT molecular complexity index is 617. The van der Waals surface area contributed by atoms with Crippen molar-refractivity contribution in [3.8, 4) is 0 Å². The lowest BCUT2D eigenvalue weighted by Crippen LogP contribution is -2.57. The third-order valence-electron chi connectivity index (χ3n) is 4.50. The first-order valence-corrected chi connectivity index (χ1v) is 9.67. The molecule has 2 amide bonds. The summed E-state index contributed by atoms with van der Waals surface area (Å²) in [5.41, 5.74) is 0. The molecule has 8 heteroatoms. The number of benzene rings is 1. The van der Waals surface area contributed by atoms with E-state index in [0.29, 0.717) is 23.9 Å². The standard InChI is InChI=1S/C17H22ClN3O2S.ClH/c18-14-5-1-2-6-15(14)24-12-17(23)20-8-3-4-13(11-20)21-9-7-19-10-16(21)22;/h1-2,5-6,13,19H,3-4,7-12H2;1H. The number of nitrogens with zero attached hydrogens (tertiary/aromatic N) is 2. The molecule has 0 saturated carbocycles. The van der Waals surface area contributed by atoms with Gasteiger partial charge in [0.2, 0.25) is 11.8 Å². The van der Waals surface area contributed by atoms with Gasteiger partial charge in [-0.2, -0.15) is 0 Å². The van der Waals surface area contributed by atoms with Crippen LogP contribution in [0, 0.1) is 0 Å². The van der Waals surface area contributed by atoms with Gasteiger partial charge in [-0.05, 0) is 25.0 Å². The van der Waals surface area contributed by atoms with Gasteiger partial charge < -0.3 is 15.1 Å². The topological polar surface area (TPSA) is 52.7 Å². The number of amides is 2. The molecule has 2 aliphatic rings. The second-order valence-corrected chi connectivity index (χ2v) is 7.54. The van der Waals surface area contributed by atoms with Gasteiger partial charge in [0, 0.05) is 37.1 Å². The van der Waals surface area contributed by atoms with E-state index in [1.807, 2.05) is 34.1 Å². The van der Waals surface area contributed by atoms with Crippen LogP contribution in [0.1, 0.15) is 12.8 Å². The fraction of sp³-hybridized carbons (Fsp3) is 0.529. The molecule has 0 aliphatic carbocycles. The van der Waals surface area contributed by atoms with Crippen LogP contribution in [-0.4, -0.2) is 66.1 Å². The molecule has 3 rings (SSSR count). The second kappa shape index (κ2) is 9.67. The number of carbonyl (C=O) groups is 2. The van der Waals surface area contributed by atoms with Crippen LogP contribution in [0.3, 0.4) is 0 Å². The molecule has 1 atom stereocenters. The highest BCUT2D eigenvalue weighted by atomic mass is 35.5. The number of thioether (sulfide) groups is 1. The molecule has 1 aromatic rings. The molecule has 0 spiro atoms. The first-order valence-electron chi connectivity index (χ1n) is 8.30. The molecular weight excluding hydrogens is 381 g/mol. The summed E-state index contributed by atoms with van der Waals surface area (Å²) in [6.07, 6.45) is 1.93. The number of piperazine rings is 1. The predicted octanol–water partition coefficient (Wildman–Crippen LogP) is 2.28. The lowest BCUT2D eigenvalue weighted by atomic mass is 10.0. The van der Waals surface area contributed by atoms with Gasteiger partial charge in [0.15, 0.2) is 0 Å². The van der Waals surface area contributed by atoms with Crippen molar-refractivity contribution in [1.29, 1.82) is 0 Å². The van der Waals surface area contributed by atoms with E-state index >= 15 is 0 Å². The van der Waals surface area contributed by atoms with Crippen LogP contribution in [-0.2, 0) is 9.59 Å². The number of rotatable bonds is 4. The molecule has 2 saturated heterocycles. The molecule has 1 aromatic carbocycles. The highest BCUT2D eigenvalue weighted by Gasteiger charge is 2.31. The maximum atomic E-state index is 12.5. The molecule has 0 bridgehead atoms. The van der Waals surface area contributed by atoms with Crippen molar-refractivity contribution in [2.24, 2.45) is 0 Å². The van der Waals surface area contributed by atoms with Crippen LogP contribution in [0.15, 0.2) is 29.2 Å². The summed E-state index contributed by atoms with van der Waals surface area (Å²) in [4.78, 5) is 29.4. The van der Waals surface area contributed by atoms with Crippen LogP contribution in [0.5, 0.6) is 0 Å². The molecule has 5 nitrogen and oxygen atoms in total. The summed E-state index contributed by atoms with van der Waals surface area (Å²) >= 11 is 7.61. The third kappa shape index (κ3) is 5.26. The number of likely N-dealkylation sites (tertiary alicyclic amines) is 1. The van der Waals surface area contributed by atoms with E-state index in [9.17, 15) is 9.59 Å². The zero-order chi connectivity index (χ0) is 16.9. The van der Waals surface area contributed by atoms with Crippen LogP contribution in [0.4, 0.5) is 0 Å². The van der Waals surface area contributed by atoms with Crippen molar-refractivity contribution in [3.63, 3.8) is 0 Å². The first kappa shape index (κ1) is 20.4. The minimum atomic E-state index is 0. The fourth-order valence-corrected chi connectivity index (χ4v) is 4.38. The van der Waals surface area contributed by atoms with E-state index in [1.165, 1.54) is 11.8 Å². The summed E-state index contributed by atoms with van der Waals surface area (Å²) in [5, 5.41) is 3.77. The minimum Gasteiger partial charge on any atom is -0.340 e. The van der Waals surface area contributed by atoms with Crippen molar-refractivity contribution in [3.05, 3.63) is 29.3 Å². The average Bonchev–Trinajstić information content (AvgIpc) is 2.61. The van der Waals surface area contributed by atoms with Crippen molar-refractivity contribution < 1.29 is 9.59 Å². The molecule has 25 heavy (non-hydrogen) atoms. The van der Waals surface area contributed by atoms with Crippen LogP contribution < -0.4 is 5.32 Å². The molecule has 1 unspecified atom stereocenters. The number of carbonyl (C=O) groups excluding carboxylic acids is 2. The Labute approximate surface area is 163 Å². The predicted molar refractivity (Wildman–Crippen MR) is 104 cm³/mol. The summed E-state index contributed by atoms with van der Waals surface area (Å²) in [6, 6.07) is 7.72. The number of hydrogen-bond donors (Lipinski definition) is 1. The van der Waals surface area contributed by atoms with Crippen molar-refractivity contribution in [2.75, 3.05) is 38.5 Å². The quantitative estimate of drug-likeness (QED) is 0.783. The first-order chi connectivity index (χ1) is 11.6. The summed E-state index contributed by atoms with van der Waals surface area (Å²) in [7, 11) is 0. The van der Waals surface area contributed by atoms with E-state index in [2.05, 4.69) is 5.32 Å². The van der Waals surface area contributed by atoms with Gasteiger partial charge in [-0.1, -0.05) is 23.7 Å². The smallest absolute Gasteiger partial charge is 0.236 e. The molecule has 0 radical (unpaired) electrons. The molecule has 0 aromatic heterocycles. The Kier molecular flexibility index (Phi) is 7.87. The van der Waals surface area contributed by atoms with Gasteiger partial charge in [0.1, 0.15) is 0 Å². The number of hydrogen-bond acceptors (Lipinski definition) is 4. The Morgan fingerprint density at radius 2 is 2.12 bits per heavy atom. The van der Waals surface area contributed by atoms with Crippen LogP contribution in [0.25, 0.3) is 0 Å². The summed E-state index contributed by atoms with van der Waals surface area (Å²) in [5.74, 6) is 0.643. The van der Waals surface area contributed by atoms with Gasteiger partial charge >= 0.3 is 0 Å². The summed E-state index contributed by atoms with van der Waals surface area (Å²) < 4.78 is 0. The maximum Gasteiger partial charge on any atom is 0.236 e. The van der Waals surface area contributed by atoms with Gasteiger partial charge in [-0.25, -0.2) is 0 Å². The Hall–Kier alpha value is -0.950. The van der Waals surface area contributed by atoms with E-state index in [1.54, 1.807) is 0 Å². The largest absolute Gasteiger partial charge is 0.340 e. The lowest BCUT2D eigenvalue weighted by Gasteiger charge is -2.41. The van der Waals surface area contributed by atoms with E-state index in [-0.39, 0.29) is 30.3 Å². The molecule has 1 N–H and O–H groups in total. The normalized spacial score (nSPS) is 21.0. The highest BCUT2D eigenvalue weighted by Crippen LogP contribution is 2.27. The van der Waals surface area contributed by atoms with Crippen molar-refractivity contribution >= 4 is 47.6 Å².